The summed E-state index contributed by atoms with van der Waals surface area (Å²) in [7, 11) is 0. The number of fused-ring (bicyclic) bond motifs is 1. The second-order valence-electron chi connectivity index (χ2n) is 7.62. The molecule has 0 unspecified atom stereocenters. The van der Waals surface area contributed by atoms with Crippen molar-refractivity contribution in [2.24, 2.45) is 0 Å². The van der Waals surface area contributed by atoms with Crippen molar-refractivity contribution in [1.82, 2.24) is 0 Å². The predicted octanol–water partition coefficient (Wildman–Crippen LogP) is 7.80. The van der Waals surface area contributed by atoms with Gasteiger partial charge in [0, 0.05) is 21.3 Å². The van der Waals surface area contributed by atoms with Crippen LogP contribution in [0.5, 0.6) is 0 Å². The van der Waals surface area contributed by atoms with Crippen LogP contribution >= 0.6 is 11.3 Å². The number of amides is 1. The Morgan fingerprint density at radius 2 is 1.42 bits per heavy atom. The zero-order valence-corrected chi connectivity index (χ0v) is 17.9. The summed E-state index contributed by atoms with van der Waals surface area (Å²) in [5.41, 5.74) is 7.16. The van der Waals surface area contributed by atoms with Crippen molar-refractivity contribution >= 4 is 33.0 Å². The van der Waals surface area contributed by atoms with Gasteiger partial charge in [-0.25, -0.2) is 0 Å². The molecule has 31 heavy (non-hydrogen) atoms. The topological polar surface area (TPSA) is 29.1 Å². The van der Waals surface area contributed by atoms with E-state index >= 15 is 0 Å². The Bertz CT molecular complexity index is 1350. The van der Waals surface area contributed by atoms with Crippen LogP contribution in [-0.2, 0) is 0 Å². The highest BCUT2D eigenvalue weighted by Gasteiger charge is 2.13. The fraction of sp³-hybridized carbons (Fsp3) is 0.0357. The minimum absolute atomic E-state index is 0.101. The largest absolute Gasteiger partial charge is 0.322 e. The van der Waals surface area contributed by atoms with Gasteiger partial charge in [0.25, 0.3) is 5.91 Å². The van der Waals surface area contributed by atoms with E-state index in [-0.39, 0.29) is 5.91 Å². The van der Waals surface area contributed by atoms with E-state index in [2.05, 4.69) is 60.1 Å². The van der Waals surface area contributed by atoms with Gasteiger partial charge in [-0.1, -0.05) is 72.3 Å². The van der Waals surface area contributed by atoms with E-state index in [1.54, 1.807) is 11.3 Å². The van der Waals surface area contributed by atoms with Gasteiger partial charge in [-0.2, -0.15) is 0 Å². The van der Waals surface area contributed by atoms with Crippen molar-refractivity contribution in [2.45, 2.75) is 6.92 Å². The molecule has 0 aliphatic heterocycles. The third kappa shape index (κ3) is 4.00. The number of hydrogen-bond donors (Lipinski definition) is 1. The maximum atomic E-state index is 13.1. The summed E-state index contributed by atoms with van der Waals surface area (Å²) < 4.78 is 1.11. The van der Waals surface area contributed by atoms with Crippen LogP contribution in [-0.4, -0.2) is 5.91 Å². The highest BCUT2D eigenvalue weighted by molar-refractivity contribution is 7.17. The fourth-order valence-corrected chi connectivity index (χ4v) is 4.61. The maximum absolute atomic E-state index is 13.1. The van der Waals surface area contributed by atoms with Crippen LogP contribution in [0, 0.1) is 6.92 Å². The number of benzene rings is 4. The number of nitrogens with one attached hydrogen (secondary N) is 1. The monoisotopic (exact) mass is 419 g/mol. The first-order valence-electron chi connectivity index (χ1n) is 10.2. The Kier molecular flexibility index (Phi) is 5.11. The highest BCUT2D eigenvalue weighted by atomic mass is 32.1. The summed E-state index contributed by atoms with van der Waals surface area (Å²) in [5.74, 6) is -0.101. The van der Waals surface area contributed by atoms with E-state index < -0.39 is 0 Å². The number of thiophene rings is 1. The average molecular weight is 420 g/mol. The molecule has 1 heterocycles. The predicted molar refractivity (Wildman–Crippen MR) is 132 cm³/mol. The lowest BCUT2D eigenvalue weighted by Gasteiger charge is -2.10. The molecule has 0 saturated carbocycles. The number of hydrogen-bond acceptors (Lipinski definition) is 2. The van der Waals surface area contributed by atoms with Crippen molar-refractivity contribution in [3.8, 4) is 22.3 Å². The van der Waals surface area contributed by atoms with Crippen molar-refractivity contribution in [1.29, 1.82) is 0 Å². The van der Waals surface area contributed by atoms with Crippen LogP contribution in [0.4, 0.5) is 5.69 Å². The zero-order chi connectivity index (χ0) is 21.2. The summed E-state index contributed by atoms with van der Waals surface area (Å²) >= 11 is 1.66. The first-order valence-corrected chi connectivity index (χ1v) is 11.1. The molecule has 150 valence electrons. The molecule has 0 aliphatic carbocycles. The third-order valence-electron chi connectivity index (χ3n) is 5.45. The lowest BCUT2D eigenvalue weighted by atomic mass is 9.98. The van der Waals surface area contributed by atoms with E-state index in [0.29, 0.717) is 5.56 Å². The van der Waals surface area contributed by atoms with E-state index in [9.17, 15) is 4.79 Å². The summed E-state index contributed by atoms with van der Waals surface area (Å²) in [6, 6.07) is 32.7. The summed E-state index contributed by atoms with van der Waals surface area (Å²) in [6.07, 6.45) is 0. The van der Waals surface area contributed by atoms with Gasteiger partial charge < -0.3 is 5.32 Å². The summed E-state index contributed by atoms with van der Waals surface area (Å²) in [4.78, 5) is 13.1. The molecular formula is C28H21NOS. The molecule has 1 aromatic heterocycles. The first kappa shape index (κ1) is 19.3. The molecule has 5 rings (SSSR count). The average Bonchev–Trinajstić information content (AvgIpc) is 3.29. The molecule has 1 N–H and O–H groups in total. The Morgan fingerprint density at radius 3 is 2.16 bits per heavy atom. The molecule has 0 radical (unpaired) electrons. The molecule has 4 aromatic carbocycles. The maximum Gasteiger partial charge on any atom is 0.255 e. The summed E-state index contributed by atoms with van der Waals surface area (Å²) in [6.45, 7) is 2.08. The number of carbonyl (C=O) groups excluding carboxylic acids is 1. The zero-order valence-electron chi connectivity index (χ0n) is 17.1. The van der Waals surface area contributed by atoms with Crippen LogP contribution in [0.15, 0.2) is 102 Å². The van der Waals surface area contributed by atoms with Gasteiger partial charge >= 0.3 is 0 Å². The molecule has 0 aliphatic rings. The van der Waals surface area contributed by atoms with E-state index in [4.69, 9.17) is 0 Å². The van der Waals surface area contributed by atoms with Crippen molar-refractivity contribution in [2.75, 3.05) is 5.32 Å². The van der Waals surface area contributed by atoms with Crippen molar-refractivity contribution < 1.29 is 4.79 Å². The van der Waals surface area contributed by atoms with Crippen LogP contribution in [0.25, 0.3) is 32.3 Å². The van der Waals surface area contributed by atoms with Crippen LogP contribution in [0.2, 0.25) is 0 Å². The lowest BCUT2D eigenvalue weighted by Crippen LogP contribution is -2.11. The number of anilines is 1. The quantitative estimate of drug-likeness (QED) is 0.316. The van der Waals surface area contributed by atoms with Gasteiger partial charge in [0.15, 0.2) is 0 Å². The minimum Gasteiger partial charge on any atom is -0.322 e. The van der Waals surface area contributed by atoms with Crippen molar-refractivity contribution in [3.63, 3.8) is 0 Å². The van der Waals surface area contributed by atoms with E-state index in [1.807, 2.05) is 54.6 Å². The Labute approximate surface area is 185 Å². The van der Waals surface area contributed by atoms with Crippen molar-refractivity contribution in [3.05, 3.63) is 114 Å². The van der Waals surface area contributed by atoms with E-state index in [1.165, 1.54) is 10.9 Å². The molecule has 0 atom stereocenters. The number of rotatable bonds is 4. The van der Waals surface area contributed by atoms with Gasteiger partial charge in [0.2, 0.25) is 0 Å². The molecule has 0 saturated heterocycles. The van der Waals surface area contributed by atoms with Gasteiger partial charge in [0.05, 0.1) is 0 Å². The molecule has 0 bridgehead atoms. The standard InChI is InChI=1S/C28H21NOS/c1-19-7-9-22(10-8-19)26-17-23(18-27-25(26)15-16-31-27)28(30)29-24-13-11-21(12-14-24)20-5-3-2-4-6-20/h2-18H,1H3,(H,29,30). The third-order valence-corrected chi connectivity index (χ3v) is 6.31. The summed E-state index contributed by atoms with van der Waals surface area (Å²) in [5, 5.41) is 6.30. The SMILES string of the molecule is Cc1ccc(-c2cc(C(=O)Nc3ccc(-c4ccccc4)cc3)cc3sccc23)cc1. The Hall–Kier alpha value is -3.69. The smallest absolute Gasteiger partial charge is 0.255 e. The fourth-order valence-electron chi connectivity index (χ4n) is 3.75. The molecule has 3 heteroatoms. The van der Waals surface area contributed by atoms with Gasteiger partial charge in [-0.05, 0) is 64.9 Å². The lowest BCUT2D eigenvalue weighted by molar-refractivity contribution is 0.102. The minimum atomic E-state index is -0.101. The van der Waals surface area contributed by atoms with Crippen LogP contribution in [0.3, 0.4) is 0 Å². The van der Waals surface area contributed by atoms with E-state index in [0.717, 1.165) is 32.6 Å². The molecule has 2 nitrogen and oxygen atoms in total. The number of aryl methyl sites for hydroxylation is 1. The van der Waals surface area contributed by atoms with Crippen LogP contribution < -0.4 is 5.32 Å². The highest BCUT2D eigenvalue weighted by Crippen LogP contribution is 2.34. The Balaban J connectivity index is 1.44. The Morgan fingerprint density at radius 1 is 0.742 bits per heavy atom. The second-order valence-corrected chi connectivity index (χ2v) is 8.57. The van der Waals surface area contributed by atoms with Crippen LogP contribution in [0.1, 0.15) is 15.9 Å². The molecule has 0 spiro atoms. The van der Waals surface area contributed by atoms with Gasteiger partial charge in [-0.15, -0.1) is 11.3 Å². The molecular weight excluding hydrogens is 398 g/mol. The normalized spacial score (nSPS) is 10.9. The molecule has 1 amide bonds. The molecule has 0 fully saturated rings. The van der Waals surface area contributed by atoms with Gasteiger partial charge in [-0.3, -0.25) is 4.79 Å². The molecule has 5 aromatic rings. The second kappa shape index (κ2) is 8.21. The number of carbonyl (C=O) groups is 1. The first-order chi connectivity index (χ1) is 15.2. The van der Waals surface area contributed by atoms with Gasteiger partial charge in [0.1, 0.15) is 0 Å².